The number of nitrogens with zero attached hydrogens (tertiary/aromatic N) is 2. The van der Waals surface area contributed by atoms with Gasteiger partial charge in [-0.25, -0.2) is 4.57 Å². The van der Waals surface area contributed by atoms with Crippen LogP contribution in [0.3, 0.4) is 0 Å². The van der Waals surface area contributed by atoms with Crippen molar-refractivity contribution in [2.45, 2.75) is 13.5 Å². The lowest BCUT2D eigenvalue weighted by Gasteiger charge is -2.05. The molecular formula is C24H22N2O+2. The number of ether oxygens (including phenoxy) is 1. The summed E-state index contributed by atoms with van der Waals surface area (Å²) in [5, 5.41) is 0. The summed E-state index contributed by atoms with van der Waals surface area (Å²) >= 11 is 0. The van der Waals surface area contributed by atoms with Crippen molar-refractivity contribution < 1.29 is 13.9 Å². The molecule has 0 spiro atoms. The zero-order valence-corrected chi connectivity index (χ0v) is 15.3. The fourth-order valence-electron chi connectivity index (χ4n) is 2.96. The first-order valence-electron chi connectivity index (χ1n) is 9.16. The lowest BCUT2D eigenvalue weighted by atomic mass is 10.1. The predicted octanol–water partition coefficient (Wildman–Crippen LogP) is 4.73. The normalized spacial score (nSPS) is 10.6. The molecule has 0 unspecified atom stereocenters. The Morgan fingerprint density at radius 1 is 0.630 bits per heavy atom. The van der Waals surface area contributed by atoms with E-state index < -0.39 is 0 Å². The standard InChI is InChI=1S/C24H22N2O/c1-2-25-16-12-20(13-17-25)21-14-18-26(19-15-21)22-8-10-24(11-9-22)27-23-6-4-3-5-7-23/h3-19H,2H2,1H3/q+2. The minimum Gasteiger partial charge on any atom is -0.457 e. The second-order valence-electron chi connectivity index (χ2n) is 6.32. The van der Waals surface area contributed by atoms with E-state index in [1.807, 2.05) is 42.5 Å². The van der Waals surface area contributed by atoms with Crippen molar-refractivity contribution in [3.05, 3.63) is 104 Å². The number of hydrogen-bond donors (Lipinski definition) is 0. The van der Waals surface area contributed by atoms with E-state index in [-0.39, 0.29) is 0 Å². The highest BCUT2D eigenvalue weighted by molar-refractivity contribution is 5.61. The number of rotatable bonds is 5. The number of hydrogen-bond acceptors (Lipinski definition) is 1. The fraction of sp³-hybridized carbons (Fsp3) is 0.0833. The van der Waals surface area contributed by atoms with Gasteiger partial charge < -0.3 is 4.74 Å². The van der Waals surface area contributed by atoms with Gasteiger partial charge in [-0.1, -0.05) is 18.2 Å². The van der Waals surface area contributed by atoms with Crippen molar-refractivity contribution in [3.8, 4) is 28.3 Å². The zero-order chi connectivity index (χ0) is 18.5. The van der Waals surface area contributed by atoms with E-state index in [0.29, 0.717) is 0 Å². The predicted molar refractivity (Wildman–Crippen MR) is 106 cm³/mol. The molecule has 2 aromatic carbocycles. The van der Waals surface area contributed by atoms with Crippen LogP contribution in [0.5, 0.6) is 11.5 Å². The molecular weight excluding hydrogens is 332 g/mol. The number of pyridine rings is 2. The molecule has 4 aromatic rings. The molecule has 2 heterocycles. The third kappa shape index (κ3) is 4.04. The number of para-hydroxylation sites is 1. The summed E-state index contributed by atoms with van der Waals surface area (Å²) in [6, 6.07) is 26.5. The number of benzene rings is 2. The monoisotopic (exact) mass is 354 g/mol. The van der Waals surface area contributed by atoms with Gasteiger partial charge in [0.25, 0.3) is 0 Å². The third-order valence-electron chi connectivity index (χ3n) is 4.53. The largest absolute Gasteiger partial charge is 0.457 e. The van der Waals surface area contributed by atoms with E-state index in [4.69, 9.17) is 4.74 Å². The molecule has 0 saturated carbocycles. The fourth-order valence-corrected chi connectivity index (χ4v) is 2.96. The Hall–Kier alpha value is -3.46. The molecule has 4 rings (SSSR count). The number of aryl methyl sites for hydroxylation is 1. The van der Waals surface area contributed by atoms with Crippen molar-refractivity contribution in [2.75, 3.05) is 0 Å². The van der Waals surface area contributed by atoms with E-state index in [0.717, 1.165) is 23.7 Å². The molecule has 0 bridgehead atoms. The van der Waals surface area contributed by atoms with Crippen LogP contribution < -0.4 is 13.9 Å². The van der Waals surface area contributed by atoms with Gasteiger partial charge in [0.2, 0.25) is 5.69 Å². The summed E-state index contributed by atoms with van der Waals surface area (Å²) in [6.45, 7) is 3.13. The average molecular weight is 354 g/mol. The second kappa shape index (κ2) is 7.83. The van der Waals surface area contributed by atoms with E-state index in [1.165, 1.54) is 11.1 Å². The summed E-state index contributed by atoms with van der Waals surface area (Å²) in [5.41, 5.74) is 3.52. The third-order valence-corrected chi connectivity index (χ3v) is 4.53. The molecule has 3 nitrogen and oxygen atoms in total. The molecule has 0 saturated heterocycles. The van der Waals surface area contributed by atoms with Gasteiger partial charge >= 0.3 is 0 Å². The molecule has 2 aromatic heterocycles. The smallest absolute Gasteiger partial charge is 0.210 e. The van der Waals surface area contributed by atoms with Crippen LogP contribution in [0.4, 0.5) is 0 Å². The lowest BCUT2D eigenvalue weighted by Crippen LogP contribution is -2.30. The van der Waals surface area contributed by atoms with Gasteiger partial charge in [0.1, 0.15) is 18.0 Å². The summed E-state index contributed by atoms with van der Waals surface area (Å²) in [6.07, 6.45) is 8.40. The van der Waals surface area contributed by atoms with Crippen LogP contribution in [-0.2, 0) is 6.54 Å². The van der Waals surface area contributed by atoms with Crippen molar-refractivity contribution in [3.63, 3.8) is 0 Å². The van der Waals surface area contributed by atoms with Gasteiger partial charge in [-0.15, -0.1) is 0 Å². The average Bonchev–Trinajstić information content (AvgIpc) is 2.75. The molecule has 0 amide bonds. The topological polar surface area (TPSA) is 17.0 Å². The Bertz CT molecular complexity index is 993. The minimum atomic E-state index is 0.829. The van der Waals surface area contributed by atoms with Gasteiger partial charge in [0.15, 0.2) is 24.8 Å². The van der Waals surface area contributed by atoms with Crippen molar-refractivity contribution in [2.24, 2.45) is 0 Å². The number of aromatic nitrogens is 2. The Labute approximate surface area is 159 Å². The molecule has 0 N–H and O–H groups in total. The van der Waals surface area contributed by atoms with Crippen LogP contribution in [0.15, 0.2) is 104 Å². The molecule has 27 heavy (non-hydrogen) atoms. The summed E-state index contributed by atoms with van der Waals surface area (Å²) in [5.74, 6) is 1.67. The van der Waals surface area contributed by atoms with Crippen LogP contribution in [0.1, 0.15) is 6.92 Å². The lowest BCUT2D eigenvalue weighted by molar-refractivity contribution is -0.693. The summed E-state index contributed by atoms with van der Waals surface area (Å²) in [7, 11) is 0. The first-order chi connectivity index (χ1) is 13.3. The van der Waals surface area contributed by atoms with Gasteiger partial charge in [0.05, 0.1) is 0 Å². The first-order valence-corrected chi connectivity index (χ1v) is 9.16. The molecule has 0 aliphatic rings. The van der Waals surface area contributed by atoms with Gasteiger partial charge in [-0.2, -0.15) is 4.57 Å². The van der Waals surface area contributed by atoms with Crippen LogP contribution >= 0.6 is 0 Å². The van der Waals surface area contributed by atoms with Gasteiger partial charge in [-0.05, 0) is 42.3 Å². The maximum Gasteiger partial charge on any atom is 0.210 e. The van der Waals surface area contributed by atoms with Crippen LogP contribution in [0.25, 0.3) is 16.8 Å². The molecule has 0 atom stereocenters. The molecule has 0 aliphatic heterocycles. The summed E-state index contributed by atoms with van der Waals surface area (Å²) < 4.78 is 10.1. The second-order valence-corrected chi connectivity index (χ2v) is 6.32. The Balaban J connectivity index is 1.49. The minimum absolute atomic E-state index is 0.829. The van der Waals surface area contributed by atoms with E-state index in [9.17, 15) is 0 Å². The maximum absolute atomic E-state index is 5.85. The van der Waals surface area contributed by atoms with Crippen LogP contribution in [-0.4, -0.2) is 0 Å². The maximum atomic E-state index is 5.85. The van der Waals surface area contributed by atoms with Gasteiger partial charge in [0, 0.05) is 36.4 Å². The van der Waals surface area contributed by atoms with Crippen molar-refractivity contribution in [1.82, 2.24) is 0 Å². The van der Waals surface area contributed by atoms with Crippen LogP contribution in [0.2, 0.25) is 0 Å². The quantitative estimate of drug-likeness (QED) is 0.474. The summed E-state index contributed by atoms with van der Waals surface area (Å²) in [4.78, 5) is 0. The Kier molecular flexibility index (Phi) is 4.93. The van der Waals surface area contributed by atoms with Gasteiger partial charge in [-0.3, -0.25) is 0 Å². The highest BCUT2D eigenvalue weighted by Crippen LogP contribution is 2.21. The Morgan fingerprint density at radius 3 is 1.78 bits per heavy atom. The molecule has 0 aliphatic carbocycles. The van der Waals surface area contributed by atoms with E-state index in [2.05, 4.69) is 77.2 Å². The highest BCUT2D eigenvalue weighted by atomic mass is 16.5. The molecule has 0 radical (unpaired) electrons. The molecule has 3 heteroatoms. The SMILES string of the molecule is CC[n+]1ccc(-c2cc[n+](-c3ccc(Oc4ccccc4)cc3)cc2)cc1. The molecule has 132 valence electrons. The van der Waals surface area contributed by atoms with E-state index >= 15 is 0 Å². The Morgan fingerprint density at radius 2 is 1.19 bits per heavy atom. The van der Waals surface area contributed by atoms with E-state index in [1.54, 1.807) is 0 Å². The highest BCUT2D eigenvalue weighted by Gasteiger charge is 2.08. The van der Waals surface area contributed by atoms with Crippen molar-refractivity contribution in [1.29, 1.82) is 0 Å². The van der Waals surface area contributed by atoms with Crippen molar-refractivity contribution >= 4 is 0 Å². The molecule has 0 fully saturated rings. The first kappa shape index (κ1) is 17.0. The van der Waals surface area contributed by atoms with Crippen LogP contribution in [0, 0.1) is 0 Å². The zero-order valence-electron chi connectivity index (χ0n) is 15.3.